The van der Waals surface area contributed by atoms with Gasteiger partial charge in [0.15, 0.2) is 11.6 Å². The molecule has 4 rings (SSSR count). The van der Waals surface area contributed by atoms with Gasteiger partial charge in [-0.15, -0.1) is 13.2 Å². The number of carbonyl (C=O) groups is 2. The minimum Gasteiger partial charge on any atom is -0.294 e. The highest BCUT2D eigenvalue weighted by atomic mass is 16.1. The van der Waals surface area contributed by atoms with Crippen LogP contribution in [-0.2, 0) is 9.59 Å². The summed E-state index contributed by atoms with van der Waals surface area (Å²) in [4.78, 5) is 25.9. The second kappa shape index (κ2) is 5.15. The van der Waals surface area contributed by atoms with Crippen molar-refractivity contribution in [2.45, 2.75) is 44.9 Å². The van der Waals surface area contributed by atoms with E-state index in [1.807, 2.05) is 6.08 Å². The molecule has 0 aliphatic heterocycles. The zero-order chi connectivity index (χ0) is 16.2. The Hall–Kier alpha value is -1.70. The molecule has 0 aromatic heterocycles. The van der Waals surface area contributed by atoms with Gasteiger partial charge in [-0.2, -0.15) is 0 Å². The summed E-state index contributed by atoms with van der Waals surface area (Å²) < 4.78 is 0. The second-order valence-corrected chi connectivity index (χ2v) is 7.60. The average Bonchev–Trinajstić information content (AvgIpc) is 3.25. The van der Waals surface area contributed by atoms with Crippen LogP contribution in [0.4, 0.5) is 0 Å². The third-order valence-corrected chi connectivity index (χ3v) is 6.61. The minimum atomic E-state index is -0.180. The molecule has 0 aromatic rings. The number of Topliss-reactive ketones (excluding diaryl/α,β-unsaturated/α-hetero) is 2. The van der Waals surface area contributed by atoms with Crippen LogP contribution < -0.4 is 0 Å². The number of fused-ring (bicyclic) bond motifs is 4. The Kier molecular flexibility index (Phi) is 3.33. The fourth-order valence-corrected chi connectivity index (χ4v) is 5.74. The molecular formula is C21H24O2. The van der Waals surface area contributed by atoms with Gasteiger partial charge in [0.2, 0.25) is 0 Å². The first-order valence-corrected chi connectivity index (χ1v) is 8.88. The lowest BCUT2D eigenvalue weighted by atomic mass is 9.69. The molecular weight excluding hydrogens is 284 g/mol. The first-order chi connectivity index (χ1) is 11.1. The van der Waals surface area contributed by atoms with Crippen molar-refractivity contribution in [1.29, 1.82) is 0 Å². The van der Waals surface area contributed by atoms with Crippen molar-refractivity contribution in [3.05, 3.63) is 48.1 Å². The Bertz CT molecular complexity index is 670. The Morgan fingerprint density at radius 3 is 2.52 bits per heavy atom. The molecule has 3 atom stereocenters. The van der Waals surface area contributed by atoms with Crippen LogP contribution in [0.15, 0.2) is 48.1 Å². The van der Waals surface area contributed by atoms with E-state index in [4.69, 9.17) is 0 Å². The highest BCUT2D eigenvalue weighted by molar-refractivity contribution is 6.13. The van der Waals surface area contributed by atoms with E-state index in [2.05, 4.69) is 19.2 Å². The molecule has 23 heavy (non-hydrogen) atoms. The molecule has 0 amide bonds. The number of rotatable bonds is 4. The first kappa shape index (κ1) is 14.9. The Morgan fingerprint density at radius 2 is 1.87 bits per heavy atom. The van der Waals surface area contributed by atoms with E-state index in [0.29, 0.717) is 6.42 Å². The number of hydrogen-bond donors (Lipinski definition) is 0. The Balaban J connectivity index is 1.78. The van der Waals surface area contributed by atoms with E-state index >= 15 is 0 Å². The zero-order valence-corrected chi connectivity index (χ0v) is 13.6. The lowest BCUT2D eigenvalue weighted by Crippen LogP contribution is -2.30. The van der Waals surface area contributed by atoms with Gasteiger partial charge < -0.3 is 0 Å². The van der Waals surface area contributed by atoms with Gasteiger partial charge in [0, 0.05) is 17.4 Å². The molecule has 1 fully saturated rings. The van der Waals surface area contributed by atoms with Crippen molar-refractivity contribution in [2.75, 3.05) is 0 Å². The SMILES string of the molecule is C=CCC1=CC2C(C1=O)C1=C(CC(CC=C)C1=O)C21CCCC1. The molecule has 1 saturated carbocycles. The predicted octanol–water partition coefficient (Wildman–Crippen LogP) is 4.34. The number of allylic oxidation sites excluding steroid dienone is 6. The molecule has 1 spiro atoms. The normalized spacial score (nSPS) is 34.1. The van der Waals surface area contributed by atoms with E-state index < -0.39 is 0 Å². The maximum Gasteiger partial charge on any atom is 0.167 e. The van der Waals surface area contributed by atoms with Gasteiger partial charge in [0.25, 0.3) is 0 Å². The van der Waals surface area contributed by atoms with E-state index in [-0.39, 0.29) is 34.7 Å². The Labute approximate surface area is 138 Å². The molecule has 0 aromatic carbocycles. The summed E-state index contributed by atoms with van der Waals surface area (Å²) in [5, 5.41) is 0. The minimum absolute atomic E-state index is 0.0344. The molecule has 0 saturated heterocycles. The molecule has 120 valence electrons. The van der Waals surface area contributed by atoms with Crippen molar-refractivity contribution in [3.63, 3.8) is 0 Å². The van der Waals surface area contributed by atoms with Crippen molar-refractivity contribution < 1.29 is 9.59 Å². The fourth-order valence-electron chi connectivity index (χ4n) is 5.74. The van der Waals surface area contributed by atoms with Gasteiger partial charge in [-0.05, 0) is 43.1 Å². The zero-order valence-electron chi connectivity index (χ0n) is 13.6. The van der Waals surface area contributed by atoms with Gasteiger partial charge in [-0.3, -0.25) is 9.59 Å². The van der Waals surface area contributed by atoms with Crippen LogP contribution in [0.1, 0.15) is 44.9 Å². The maximum atomic E-state index is 13.0. The summed E-state index contributed by atoms with van der Waals surface area (Å²) in [7, 11) is 0. The van der Waals surface area contributed by atoms with Crippen LogP contribution in [0.3, 0.4) is 0 Å². The molecule has 3 unspecified atom stereocenters. The van der Waals surface area contributed by atoms with Crippen LogP contribution in [0.2, 0.25) is 0 Å². The molecule has 4 aliphatic rings. The fraction of sp³-hybridized carbons (Fsp3) is 0.524. The van der Waals surface area contributed by atoms with Crippen molar-refractivity contribution in [2.24, 2.45) is 23.2 Å². The summed E-state index contributed by atoms with van der Waals surface area (Å²) >= 11 is 0. The van der Waals surface area contributed by atoms with Crippen molar-refractivity contribution >= 4 is 11.6 Å². The van der Waals surface area contributed by atoms with Gasteiger partial charge in [-0.25, -0.2) is 0 Å². The van der Waals surface area contributed by atoms with E-state index in [0.717, 1.165) is 36.8 Å². The quantitative estimate of drug-likeness (QED) is 0.724. The molecule has 0 bridgehead atoms. The van der Waals surface area contributed by atoms with Gasteiger partial charge >= 0.3 is 0 Å². The van der Waals surface area contributed by atoms with Crippen molar-refractivity contribution in [3.8, 4) is 0 Å². The monoisotopic (exact) mass is 308 g/mol. The molecule has 0 heterocycles. The van der Waals surface area contributed by atoms with E-state index in [9.17, 15) is 9.59 Å². The van der Waals surface area contributed by atoms with Crippen LogP contribution >= 0.6 is 0 Å². The van der Waals surface area contributed by atoms with Crippen LogP contribution in [0, 0.1) is 23.2 Å². The summed E-state index contributed by atoms with van der Waals surface area (Å²) in [6.45, 7) is 7.58. The summed E-state index contributed by atoms with van der Waals surface area (Å²) in [5.74, 6) is 0.526. The van der Waals surface area contributed by atoms with Gasteiger partial charge in [-0.1, -0.05) is 36.6 Å². The average molecular weight is 308 g/mol. The third-order valence-electron chi connectivity index (χ3n) is 6.61. The summed E-state index contributed by atoms with van der Waals surface area (Å²) in [6.07, 6.45) is 12.8. The largest absolute Gasteiger partial charge is 0.294 e. The van der Waals surface area contributed by atoms with E-state index in [1.54, 1.807) is 6.08 Å². The van der Waals surface area contributed by atoms with Crippen molar-refractivity contribution in [1.82, 2.24) is 0 Å². The smallest absolute Gasteiger partial charge is 0.167 e. The van der Waals surface area contributed by atoms with Crippen LogP contribution in [-0.4, -0.2) is 11.6 Å². The first-order valence-electron chi connectivity index (χ1n) is 8.88. The highest BCUT2D eigenvalue weighted by Gasteiger charge is 2.61. The van der Waals surface area contributed by atoms with E-state index in [1.165, 1.54) is 18.4 Å². The van der Waals surface area contributed by atoms with Gasteiger partial charge in [0.1, 0.15) is 0 Å². The maximum absolute atomic E-state index is 13.0. The number of hydrogen-bond acceptors (Lipinski definition) is 2. The summed E-state index contributed by atoms with van der Waals surface area (Å²) in [5.41, 5.74) is 3.24. The highest BCUT2D eigenvalue weighted by Crippen LogP contribution is 2.66. The lowest BCUT2D eigenvalue weighted by Gasteiger charge is -2.34. The second-order valence-electron chi connectivity index (χ2n) is 7.60. The molecule has 2 nitrogen and oxygen atoms in total. The molecule has 0 N–H and O–H groups in total. The van der Waals surface area contributed by atoms with Gasteiger partial charge in [0.05, 0.1) is 5.92 Å². The summed E-state index contributed by atoms with van der Waals surface area (Å²) in [6, 6.07) is 0. The third kappa shape index (κ3) is 1.81. The van der Waals surface area contributed by atoms with Crippen LogP contribution in [0.5, 0.6) is 0 Å². The molecule has 2 heteroatoms. The number of carbonyl (C=O) groups excluding carboxylic acids is 2. The Morgan fingerprint density at radius 1 is 1.13 bits per heavy atom. The van der Waals surface area contributed by atoms with Crippen LogP contribution in [0.25, 0.3) is 0 Å². The lowest BCUT2D eigenvalue weighted by molar-refractivity contribution is -0.123. The number of ketones is 2. The topological polar surface area (TPSA) is 34.1 Å². The molecule has 0 radical (unpaired) electrons. The standard InChI is InChI=1S/C21H24O2/c1-3-7-13-11-15-17(19(13)22)18-16(21(15)9-5-6-10-21)12-14(8-4-2)20(18)23/h3-4,11,14-15,17H,1-2,5-10,12H2. The molecule has 4 aliphatic carbocycles. The predicted molar refractivity (Wildman–Crippen MR) is 90.7 cm³/mol.